The van der Waals surface area contributed by atoms with E-state index in [0.29, 0.717) is 17.3 Å². The normalized spacial score (nSPS) is 37.6. The Bertz CT molecular complexity index is 174. The van der Waals surface area contributed by atoms with Gasteiger partial charge in [-0.25, -0.2) is 4.79 Å². The van der Waals surface area contributed by atoms with Crippen molar-refractivity contribution in [1.29, 1.82) is 0 Å². The van der Waals surface area contributed by atoms with E-state index in [2.05, 4.69) is 17.6 Å². The lowest BCUT2D eigenvalue weighted by molar-refractivity contribution is 0.247. The molecule has 2 aliphatic heterocycles. The summed E-state index contributed by atoms with van der Waals surface area (Å²) in [5.74, 6) is 1.06. The number of hydrogen-bond donors (Lipinski definition) is 2. The fraction of sp³-hybridized carbons (Fsp3) is 0.875. The highest BCUT2D eigenvalue weighted by molar-refractivity contribution is 8.00. The zero-order valence-corrected chi connectivity index (χ0v) is 8.57. The Morgan fingerprint density at radius 2 is 2.08 bits per heavy atom. The maximum absolute atomic E-state index is 10.8. The Kier molecular flexibility index (Phi) is 3.26. The van der Waals surface area contributed by atoms with Crippen molar-refractivity contribution in [3.8, 4) is 0 Å². The molecule has 0 saturated carbocycles. The fourth-order valence-electron chi connectivity index (χ4n) is 1.50. The van der Waals surface area contributed by atoms with Gasteiger partial charge in [0, 0.05) is 11.0 Å². The Morgan fingerprint density at radius 3 is 2.67 bits per heavy atom. The summed E-state index contributed by atoms with van der Waals surface area (Å²) in [5, 5.41) is 6.34. The first kappa shape index (κ1) is 9.71. The van der Waals surface area contributed by atoms with Crippen molar-refractivity contribution in [2.24, 2.45) is 0 Å². The summed E-state index contributed by atoms with van der Waals surface area (Å²) >= 11 is 1.91. The summed E-state index contributed by atoms with van der Waals surface area (Å²) < 4.78 is 0. The van der Waals surface area contributed by atoms with Crippen LogP contribution in [0.3, 0.4) is 0 Å². The molecule has 70 valence electrons. The summed E-state index contributed by atoms with van der Waals surface area (Å²) in [6.07, 6.45) is 0. The Labute approximate surface area is 77.7 Å². The van der Waals surface area contributed by atoms with Gasteiger partial charge < -0.3 is 10.6 Å². The Hall–Kier alpha value is -0.380. The minimum absolute atomic E-state index is 0.00199. The van der Waals surface area contributed by atoms with Crippen LogP contribution in [0.1, 0.15) is 20.8 Å². The Morgan fingerprint density at radius 1 is 1.42 bits per heavy atom. The molecule has 3 nitrogen and oxygen atoms in total. The number of urea groups is 1. The Balaban J connectivity index is 0.000000336. The number of amides is 2. The molecular weight excluding hydrogens is 172 g/mol. The molecule has 2 heterocycles. The second-order valence-electron chi connectivity index (χ2n) is 2.79. The van der Waals surface area contributed by atoms with E-state index in [-0.39, 0.29) is 6.03 Å². The van der Waals surface area contributed by atoms with Crippen LogP contribution >= 0.6 is 11.8 Å². The molecule has 2 rings (SSSR count). The van der Waals surface area contributed by atoms with Crippen molar-refractivity contribution in [3.05, 3.63) is 0 Å². The molecule has 0 aromatic heterocycles. The molecule has 0 spiro atoms. The molecule has 0 aromatic carbocycles. The fourth-order valence-corrected chi connectivity index (χ4v) is 2.77. The summed E-state index contributed by atoms with van der Waals surface area (Å²) in [5.41, 5.74) is 0. The molecule has 2 saturated heterocycles. The first-order chi connectivity index (χ1) is 5.77. The number of nitrogens with one attached hydrogen (secondary N) is 2. The van der Waals surface area contributed by atoms with Crippen LogP contribution in [0, 0.1) is 0 Å². The third-order valence-corrected chi connectivity index (χ3v) is 3.46. The predicted octanol–water partition coefficient (Wildman–Crippen LogP) is 1.20. The molecule has 4 heteroatoms. The third kappa shape index (κ3) is 1.68. The van der Waals surface area contributed by atoms with Gasteiger partial charge in [-0.1, -0.05) is 20.8 Å². The molecule has 3 atom stereocenters. The first-order valence-electron chi connectivity index (χ1n) is 4.46. The van der Waals surface area contributed by atoms with Crippen molar-refractivity contribution < 1.29 is 4.79 Å². The summed E-state index contributed by atoms with van der Waals surface area (Å²) in [6.45, 7) is 6.16. The van der Waals surface area contributed by atoms with Gasteiger partial charge in [0.1, 0.15) is 0 Å². The second-order valence-corrected chi connectivity index (χ2v) is 4.20. The van der Waals surface area contributed by atoms with E-state index < -0.39 is 0 Å². The zero-order valence-electron chi connectivity index (χ0n) is 7.76. The second kappa shape index (κ2) is 4.03. The van der Waals surface area contributed by atoms with Crippen LogP contribution in [-0.4, -0.2) is 29.1 Å². The smallest absolute Gasteiger partial charge is 0.315 e. The van der Waals surface area contributed by atoms with Gasteiger partial charge in [-0.05, 0) is 0 Å². The number of hydrogen-bond acceptors (Lipinski definition) is 2. The number of thioether (sulfide) groups is 1. The number of carbonyl (C=O) groups is 1. The number of rotatable bonds is 0. The lowest BCUT2D eigenvalue weighted by atomic mass is 10.1. The van der Waals surface area contributed by atoms with E-state index in [1.807, 2.05) is 25.6 Å². The predicted molar refractivity (Wildman–Crippen MR) is 52.5 cm³/mol. The number of fused-ring (bicyclic) bond motifs is 1. The average Bonchev–Trinajstić information content (AvgIpc) is 2.58. The molecule has 12 heavy (non-hydrogen) atoms. The van der Waals surface area contributed by atoms with E-state index in [1.165, 1.54) is 0 Å². The topological polar surface area (TPSA) is 41.1 Å². The van der Waals surface area contributed by atoms with E-state index in [0.717, 1.165) is 5.75 Å². The quantitative estimate of drug-likeness (QED) is 0.561. The molecule has 0 aromatic rings. The molecule has 2 N–H and O–H groups in total. The molecule has 0 aliphatic carbocycles. The van der Waals surface area contributed by atoms with Gasteiger partial charge in [-0.3, -0.25) is 0 Å². The number of carbonyl (C=O) groups excluding carboxylic acids is 1. The van der Waals surface area contributed by atoms with E-state index in [1.54, 1.807) is 0 Å². The highest BCUT2D eigenvalue weighted by atomic mass is 32.2. The van der Waals surface area contributed by atoms with Crippen LogP contribution in [0.25, 0.3) is 0 Å². The van der Waals surface area contributed by atoms with E-state index in [9.17, 15) is 4.79 Å². The van der Waals surface area contributed by atoms with Crippen LogP contribution in [0.2, 0.25) is 0 Å². The molecular formula is C8H16N2OS. The van der Waals surface area contributed by atoms with Crippen molar-refractivity contribution >= 4 is 17.8 Å². The lowest BCUT2D eigenvalue weighted by Gasteiger charge is -2.09. The molecule has 2 fully saturated rings. The van der Waals surface area contributed by atoms with Crippen LogP contribution < -0.4 is 10.6 Å². The van der Waals surface area contributed by atoms with Crippen molar-refractivity contribution in [2.45, 2.75) is 38.1 Å². The van der Waals surface area contributed by atoms with Crippen LogP contribution in [-0.2, 0) is 0 Å². The molecule has 0 radical (unpaired) electrons. The van der Waals surface area contributed by atoms with Crippen molar-refractivity contribution in [1.82, 2.24) is 10.6 Å². The standard InChI is InChI=1S/C6H10N2OS.C2H6/c1-3-5-4(2-10-3)7-6(9)8-5;1-2/h3-5H,2H2,1H3,(H2,7,8,9);1-2H3/t3?,4-,5?;/m0./s1. The average molecular weight is 188 g/mol. The van der Waals surface area contributed by atoms with Crippen LogP contribution in [0.15, 0.2) is 0 Å². The summed E-state index contributed by atoms with van der Waals surface area (Å²) in [6, 6.07) is 0.757. The van der Waals surface area contributed by atoms with Gasteiger partial charge >= 0.3 is 6.03 Å². The monoisotopic (exact) mass is 188 g/mol. The van der Waals surface area contributed by atoms with Gasteiger partial charge in [0.05, 0.1) is 12.1 Å². The maximum Gasteiger partial charge on any atom is 0.315 e. The molecule has 0 bridgehead atoms. The molecule has 2 amide bonds. The van der Waals surface area contributed by atoms with Crippen LogP contribution in [0.5, 0.6) is 0 Å². The lowest BCUT2D eigenvalue weighted by Crippen LogP contribution is -2.35. The van der Waals surface area contributed by atoms with E-state index in [4.69, 9.17) is 0 Å². The minimum atomic E-state index is 0.00199. The van der Waals surface area contributed by atoms with Gasteiger partial charge in [-0.2, -0.15) is 11.8 Å². The van der Waals surface area contributed by atoms with Crippen LogP contribution in [0.4, 0.5) is 4.79 Å². The zero-order chi connectivity index (χ0) is 9.14. The third-order valence-electron chi connectivity index (χ3n) is 2.09. The first-order valence-corrected chi connectivity index (χ1v) is 5.51. The highest BCUT2D eigenvalue weighted by Gasteiger charge is 2.40. The largest absolute Gasteiger partial charge is 0.332 e. The summed E-state index contributed by atoms with van der Waals surface area (Å²) in [7, 11) is 0. The summed E-state index contributed by atoms with van der Waals surface area (Å²) in [4.78, 5) is 10.8. The SMILES string of the molecule is CC.CC1SC[C@@H]2NC(=O)NC12. The van der Waals surface area contributed by atoms with Crippen molar-refractivity contribution in [2.75, 3.05) is 5.75 Å². The highest BCUT2D eigenvalue weighted by Crippen LogP contribution is 2.28. The van der Waals surface area contributed by atoms with E-state index >= 15 is 0 Å². The molecule has 2 aliphatic rings. The maximum atomic E-state index is 10.8. The minimum Gasteiger partial charge on any atom is -0.332 e. The van der Waals surface area contributed by atoms with Gasteiger partial charge in [0.15, 0.2) is 0 Å². The van der Waals surface area contributed by atoms with Gasteiger partial charge in [0.2, 0.25) is 0 Å². The van der Waals surface area contributed by atoms with Gasteiger partial charge in [-0.15, -0.1) is 0 Å². The molecule has 2 unspecified atom stereocenters. The van der Waals surface area contributed by atoms with Crippen molar-refractivity contribution in [3.63, 3.8) is 0 Å². The van der Waals surface area contributed by atoms with Gasteiger partial charge in [0.25, 0.3) is 0 Å².